The van der Waals surface area contributed by atoms with Gasteiger partial charge in [0.15, 0.2) is 0 Å². The third-order valence-electron chi connectivity index (χ3n) is 3.32. The van der Waals surface area contributed by atoms with Gasteiger partial charge in [-0.1, -0.05) is 17.7 Å². The van der Waals surface area contributed by atoms with Crippen molar-refractivity contribution in [2.24, 2.45) is 0 Å². The van der Waals surface area contributed by atoms with Crippen molar-refractivity contribution in [2.75, 3.05) is 13.2 Å². The van der Waals surface area contributed by atoms with Gasteiger partial charge in [0.05, 0.1) is 6.10 Å². The molecule has 112 valence electrons. The maximum absolute atomic E-state index is 6.30. The zero-order chi connectivity index (χ0) is 14.6. The minimum atomic E-state index is 0.0466. The van der Waals surface area contributed by atoms with Gasteiger partial charge in [-0.3, -0.25) is 0 Å². The van der Waals surface area contributed by atoms with Gasteiger partial charge in [0.2, 0.25) is 0 Å². The molecule has 0 amide bonds. The first-order valence-corrected chi connectivity index (χ1v) is 7.60. The van der Waals surface area contributed by atoms with Crippen LogP contribution in [-0.4, -0.2) is 24.9 Å². The number of ether oxygens (including phenoxy) is 2. The normalized spacial score (nSPS) is 19.3. The summed E-state index contributed by atoms with van der Waals surface area (Å²) in [5.74, 6) is 0.852. The molecule has 1 aliphatic heterocycles. The van der Waals surface area contributed by atoms with Crippen molar-refractivity contribution < 1.29 is 9.47 Å². The van der Waals surface area contributed by atoms with E-state index in [0.29, 0.717) is 13.2 Å². The number of halogens is 1. The fraction of sp³-hybridized carbons (Fsp3) is 0.625. The van der Waals surface area contributed by atoms with Crippen LogP contribution in [0.3, 0.4) is 0 Å². The molecule has 0 aromatic heterocycles. The minimum Gasteiger partial charge on any atom is -0.490 e. The first kappa shape index (κ1) is 15.6. The molecule has 1 unspecified atom stereocenters. The van der Waals surface area contributed by atoms with Crippen molar-refractivity contribution in [1.82, 2.24) is 5.32 Å². The third kappa shape index (κ3) is 4.65. The highest BCUT2D eigenvalue weighted by molar-refractivity contribution is 6.31. The molecule has 3 nitrogen and oxygen atoms in total. The van der Waals surface area contributed by atoms with Crippen LogP contribution in [-0.2, 0) is 11.3 Å². The molecule has 0 aliphatic carbocycles. The SMILES string of the molecule is CC(C)(C)NCc1c(Cl)cccc1OCC1CCCO1. The second kappa shape index (κ2) is 6.79. The Labute approximate surface area is 126 Å². The second-order valence-corrected chi connectivity index (χ2v) is 6.67. The van der Waals surface area contributed by atoms with E-state index in [4.69, 9.17) is 21.1 Å². The van der Waals surface area contributed by atoms with Crippen LogP contribution in [0.1, 0.15) is 39.2 Å². The topological polar surface area (TPSA) is 30.5 Å². The van der Waals surface area contributed by atoms with Gasteiger partial charge in [-0.05, 0) is 45.7 Å². The van der Waals surface area contributed by atoms with E-state index in [2.05, 4.69) is 26.1 Å². The number of rotatable bonds is 5. The van der Waals surface area contributed by atoms with Crippen LogP contribution < -0.4 is 10.1 Å². The fourth-order valence-electron chi connectivity index (χ4n) is 2.16. The smallest absolute Gasteiger partial charge is 0.125 e. The van der Waals surface area contributed by atoms with E-state index in [-0.39, 0.29) is 11.6 Å². The third-order valence-corrected chi connectivity index (χ3v) is 3.67. The highest BCUT2D eigenvalue weighted by atomic mass is 35.5. The summed E-state index contributed by atoms with van der Waals surface area (Å²) < 4.78 is 11.5. The van der Waals surface area contributed by atoms with Crippen LogP contribution in [0.5, 0.6) is 5.75 Å². The lowest BCUT2D eigenvalue weighted by Crippen LogP contribution is -2.35. The van der Waals surface area contributed by atoms with Crippen LogP contribution in [0.2, 0.25) is 5.02 Å². The highest BCUT2D eigenvalue weighted by Crippen LogP contribution is 2.27. The molecule has 20 heavy (non-hydrogen) atoms. The van der Waals surface area contributed by atoms with E-state index in [1.807, 2.05) is 18.2 Å². The monoisotopic (exact) mass is 297 g/mol. The van der Waals surface area contributed by atoms with Crippen molar-refractivity contribution in [3.8, 4) is 5.75 Å². The minimum absolute atomic E-state index is 0.0466. The Morgan fingerprint density at radius 1 is 1.40 bits per heavy atom. The van der Waals surface area contributed by atoms with Crippen molar-refractivity contribution >= 4 is 11.6 Å². The average Bonchev–Trinajstić information content (AvgIpc) is 2.87. The van der Waals surface area contributed by atoms with Crippen molar-refractivity contribution in [1.29, 1.82) is 0 Å². The average molecular weight is 298 g/mol. The Morgan fingerprint density at radius 2 is 2.20 bits per heavy atom. The molecule has 1 fully saturated rings. The molecule has 1 aliphatic rings. The van der Waals surface area contributed by atoms with Crippen LogP contribution in [0.4, 0.5) is 0 Å². The summed E-state index contributed by atoms with van der Waals surface area (Å²) in [6.45, 7) is 8.55. The predicted molar refractivity (Wildman–Crippen MR) is 82.5 cm³/mol. The maximum Gasteiger partial charge on any atom is 0.125 e. The summed E-state index contributed by atoms with van der Waals surface area (Å²) in [6.07, 6.45) is 2.43. The Hall–Kier alpha value is -0.770. The number of benzene rings is 1. The lowest BCUT2D eigenvalue weighted by Gasteiger charge is -2.22. The molecule has 0 spiro atoms. The van der Waals surface area contributed by atoms with E-state index >= 15 is 0 Å². The van der Waals surface area contributed by atoms with Crippen molar-refractivity contribution in [3.63, 3.8) is 0 Å². The molecule has 0 bridgehead atoms. The highest BCUT2D eigenvalue weighted by Gasteiger charge is 2.18. The zero-order valence-corrected chi connectivity index (χ0v) is 13.3. The van der Waals surface area contributed by atoms with Crippen LogP contribution in [0.25, 0.3) is 0 Å². The molecule has 1 saturated heterocycles. The van der Waals surface area contributed by atoms with Gasteiger partial charge in [0, 0.05) is 29.3 Å². The Kier molecular flexibility index (Phi) is 5.30. The van der Waals surface area contributed by atoms with Gasteiger partial charge >= 0.3 is 0 Å². The number of nitrogens with one attached hydrogen (secondary N) is 1. The van der Waals surface area contributed by atoms with E-state index in [1.165, 1.54) is 0 Å². The Morgan fingerprint density at radius 3 is 2.85 bits per heavy atom. The quantitative estimate of drug-likeness (QED) is 0.897. The summed E-state index contributed by atoms with van der Waals surface area (Å²) in [5.41, 5.74) is 1.06. The van der Waals surface area contributed by atoms with E-state index in [9.17, 15) is 0 Å². The standard InChI is InChI=1S/C16H24ClNO2/c1-16(2,3)18-10-13-14(17)7-4-8-15(13)20-11-12-6-5-9-19-12/h4,7-8,12,18H,5-6,9-11H2,1-3H3. The van der Waals surface area contributed by atoms with Crippen LogP contribution >= 0.6 is 11.6 Å². The molecular weight excluding hydrogens is 274 g/mol. The van der Waals surface area contributed by atoms with E-state index < -0.39 is 0 Å². The van der Waals surface area contributed by atoms with Gasteiger partial charge in [-0.15, -0.1) is 0 Å². The molecule has 1 aromatic carbocycles. The second-order valence-electron chi connectivity index (χ2n) is 6.27. The van der Waals surface area contributed by atoms with Crippen LogP contribution in [0, 0.1) is 0 Å². The molecule has 4 heteroatoms. The summed E-state index contributed by atoms with van der Waals surface area (Å²) in [7, 11) is 0. The first-order chi connectivity index (χ1) is 9.46. The molecule has 2 rings (SSSR count). The molecule has 1 N–H and O–H groups in total. The molecule has 0 radical (unpaired) electrons. The van der Waals surface area contributed by atoms with Gasteiger partial charge < -0.3 is 14.8 Å². The Bertz CT molecular complexity index is 437. The van der Waals surface area contributed by atoms with Gasteiger partial charge in [0.25, 0.3) is 0 Å². The van der Waals surface area contributed by atoms with Crippen molar-refractivity contribution in [2.45, 2.75) is 51.8 Å². The number of hydrogen-bond acceptors (Lipinski definition) is 3. The fourth-order valence-corrected chi connectivity index (χ4v) is 2.39. The molecule has 0 saturated carbocycles. The molecule has 1 atom stereocenters. The van der Waals surface area contributed by atoms with E-state index in [1.54, 1.807) is 0 Å². The Balaban J connectivity index is 2.01. The first-order valence-electron chi connectivity index (χ1n) is 7.22. The number of hydrogen-bond donors (Lipinski definition) is 1. The predicted octanol–water partition coefficient (Wildman–Crippen LogP) is 3.79. The van der Waals surface area contributed by atoms with Gasteiger partial charge in [-0.25, -0.2) is 0 Å². The summed E-state index contributed by atoms with van der Waals surface area (Å²) in [5, 5.41) is 4.19. The van der Waals surface area contributed by atoms with Crippen molar-refractivity contribution in [3.05, 3.63) is 28.8 Å². The zero-order valence-electron chi connectivity index (χ0n) is 12.5. The maximum atomic E-state index is 6.30. The lowest BCUT2D eigenvalue weighted by atomic mass is 10.1. The molecule has 1 heterocycles. The van der Waals surface area contributed by atoms with Gasteiger partial charge in [-0.2, -0.15) is 0 Å². The lowest BCUT2D eigenvalue weighted by molar-refractivity contribution is 0.0675. The van der Waals surface area contributed by atoms with Crippen LogP contribution in [0.15, 0.2) is 18.2 Å². The summed E-state index contributed by atoms with van der Waals surface area (Å²) in [6, 6.07) is 5.80. The van der Waals surface area contributed by atoms with Gasteiger partial charge in [0.1, 0.15) is 12.4 Å². The summed E-state index contributed by atoms with van der Waals surface area (Å²) >= 11 is 6.30. The largest absolute Gasteiger partial charge is 0.490 e. The molecule has 1 aromatic rings. The van der Waals surface area contributed by atoms with E-state index in [0.717, 1.165) is 35.8 Å². The summed E-state index contributed by atoms with van der Waals surface area (Å²) in [4.78, 5) is 0. The molecular formula is C16H24ClNO2.